The van der Waals surface area contributed by atoms with E-state index in [1.807, 2.05) is 0 Å². The molecule has 2 unspecified atom stereocenters. The second-order valence-electron chi connectivity index (χ2n) is 6.34. The Balaban J connectivity index is 4.72. The van der Waals surface area contributed by atoms with E-state index < -0.39 is 11.6 Å². The van der Waals surface area contributed by atoms with E-state index in [1.165, 1.54) is 0 Å². The van der Waals surface area contributed by atoms with Gasteiger partial charge in [-0.3, -0.25) is 4.79 Å². The molecule has 0 aliphatic heterocycles. The highest BCUT2D eigenvalue weighted by Gasteiger charge is 2.36. The third-order valence-electron chi connectivity index (χ3n) is 4.50. The largest absolute Gasteiger partial charge is 0.299 e. The quantitative estimate of drug-likeness (QED) is 0.366. The van der Waals surface area contributed by atoms with Crippen molar-refractivity contribution in [2.75, 3.05) is 0 Å². The molecular weight excluding hydrogens is 251 g/mol. The van der Waals surface area contributed by atoms with Gasteiger partial charge < -0.3 is 0 Å². The Kier molecular flexibility index (Phi) is 11.1. The number of hydrogen-bond acceptors (Lipinski definition) is 1. The van der Waals surface area contributed by atoms with Crippen molar-refractivity contribution in [3.8, 4) is 0 Å². The van der Waals surface area contributed by atoms with Gasteiger partial charge in [0.1, 0.15) is 12.0 Å². The minimum absolute atomic E-state index is 0.209. The predicted molar refractivity (Wildman–Crippen MR) is 85.8 cm³/mol. The fourth-order valence-corrected chi connectivity index (χ4v) is 3.01. The van der Waals surface area contributed by atoms with Crippen molar-refractivity contribution in [2.45, 2.75) is 104 Å². The van der Waals surface area contributed by atoms with Crippen molar-refractivity contribution in [2.24, 2.45) is 5.41 Å². The van der Waals surface area contributed by atoms with Crippen molar-refractivity contribution in [1.82, 2.24) is 0 Å². The maximum absolute atomic E-state index is 14.2. The number of carbonyl (C=O) groups is 1. The van der Waals surface area contributed by atoms with Crippen LogP contribution in [0.1, 0.15) is 98.3 Å². The molecule has 1 nitrogen and oxygen atoms in total. The van der Waals surface area contributed by atoms with Crippen LogP contribution in [0.4, 0.5) is 4.39 Å². The summed E-state index contributed by atoms with van der Waals surface area (Å²) in [6, 6.07) is 0. The van der Waals surface area contributed by atoms with Gasteiger partial charge in [0, 0.05) is 5.41 Å². The lowest BCUT2D eigenvalue weighted by Gasteiger charge is -2.33. The molecular formula is C18H35FO. The summed E-state index contributed by atoms with van der Waals surface area (Å²) < 4.78 is 14.2. The van der Waals surface area contributed by atoms with Gasteiger partial charge in [0.05, 0.1) is 0 Å². The van der Waals surface area contributed by atoms with Crippen LogP contribution in [0.2, 0.25) is 0 Å². The summed E-state index contributed by atoms with van der Waals surface area (Å²) in [5.41, 5.74) is -0.391. The Bertz CT molecular complexity index is 252. The van der Waals surface area contributed by atoms with E-state index in [0.29, 0.717) is 12.8 Å². The Morgan fingerprint density at radius 3 is 2.00 bits per heavy atom. The van der Waals surface area contributed by atoms with Crippen LogP contribution in [0.3, 0.4) is 0 Å². The van der Waals surface area contributed by atoms with E-state index >= 15 is 0 Å². The second kappa shape index (κ2) is 11.3. The minimum Gasteiger partial charge on any atom is -0.299 e. The summed E-state index contributed by atoms with van der Waals surface area (Å²) in [5, 5.41) is 0. The fourth-order valence-electron chi connectivity index (χ4n) is 3.01. The maximum Gasteiger partial charge on any atom is 0.136 e. The van der Waals surface area contributed by atoms with Gasteiger partial charge in [-0.15, -0.1) is 0 Å². The predicted octanol–water partition coefficient (Wildman–Crippen LogP) is 6.25. The molecule has 0 saturated heterocycles. The molecule has 0 N–H and O–H groups in total. The summed E-state index contributed by atoms with van der Waals surface area (Å²) in [6.07, 6.45) is 9.42. The van der Waals surface area contributed by atoms with E-state index in [2.05, 4.69) is 20.8 Å². The van der Waals surface area contributed by atoms with E-state index in [0.717, 1.165) is 57.8 Å². The Morgan fingerprint density at radius 1 is 0.950 bits per heavy atom. The number of rotatable bonds is 13. The highest BCUT2D eigenvalue weighted by Crippen LogP contribution is 2.38. The maximum atomic E-state index is 14.2. The molecule has 0 spiro atoms. The molecule has 0 amide bonds. The molecule has 0 aliphatic rings. The number of hydrogen-bond donors (Lipinski definition) is 0. The first-order valence-electron chi connectivity index (χ1n) is 8.67. The molecule has 2 heteroatoms. The van der Waals surface area contributed by atoms with Crippen molar-refractivity contribution in [1.29, 1.82) is 0 Å². The summed E-state index contributed by atoms with van der Waals surface area (Å²) in [6.45, 7) is 8.07. The lowest BCUT2D eigenvalue weighted by molar-refractivity contribution is -0.129. The number of unbranched alkanes of at least 4 members (excludes halogenated alkanes) is 4. The number of carbonyl (C=O) groups excluding carboxylic acids is 1. The topological polar surface area (TPSA) is 17.1 Å². The van der Waals surface area contributed by atoms with Gasteiger partial charge in [-0.05, 0) is 32.6 Å². The number of Topliss-reactive ketones (excluding diaryl/α,β-unsaturated/α-hetero) is 1. The molecule has 120 valence electrons. The minimum atomic E-state index is -0.808. The van der Waals surface area contributed by atoms with E-state index in [4.69, 9.17) is 0 Å². The van der Waals surface area contributed by atoms with Crippen LogP contribution in [-0.2, 0) is 4.79 Å². The van der Waals surface area contributed by atoms with Crippen LogP contribution in [0.15, 0.2) is 0 Å². The smallest absolute Gasteiger partial charge is 0.136 e. The highest BCUT2D eigenvalue weighted by molar-refractivity contribution is 5.82. The second-order valence-corrected chi connectivity index (χ2v) is 6.34. The molecule has 0 saturated carbocycles. The Morgan fingerprint density at radius 2 is 1.50 bits per heavy atom. The van der Waals surface area contributed by atoms with Crippen molar-refractivity contribution < 1.29 is 9.18 Å². The van der Waals surface area contributed by atoms with Crippen molar-refractivity contribution in [3.63, 3.8) is 0 Å². The summed E-state index contributed by atoms with van der Waals surface area (Å²) in [5.74, 6) is 0.209. The van der Waals surface area contributed by atoms with Gasteiger partial charge in [0.2, 0.25) is 0 Å². The zero-order valence-corrected chi connectivity index (χ0v) is 14.1. The van der Waals surface area contributed by atoms with Crippen molar-refractivity contribution in [3.05, 3.63) is 0 Å². The molecule has 2 atom stereocenters. The van der Waals surface area contributed by atoms with Crippen LogP contribution in [0.5, 0.6) is 0 Å². The van der Waals surface area contributed by atoms with Crippen LogP contribution in [0.25, 0.3) is 0 Å². The molecule has 0 heterocycles. The monoisotopic (exact) mass is 286 g/mol. The average molecular weight is 286 g/mol. The lowest BCUT2D eigenvalue weighted by atomic mass is 9.71. The molecule has 0 fully saturated rings. The number of ketones is 1. The number of halogens is 1. The standard InChI is InChI=1S/C18H35FO/c1-5-8-11-14-18(16(4)20,13-10-7-3)15-17(19)12-9-6-2/h17H,5-15H2,1-4H3. The first-order valence-corrected chi connectivity index (χ1v) is 8.67. The van der Waals surface area contributed by atoms with Gasteiger partial charge in [-0.25, -0.2) is 4.39 Å². The fraction of sp³-hybridized carbons (Fsp3) is 0.944. The SMILES string of the molecule is CCCCCC(CCCC)(CC(F)CCCC)C(C)=O. The van der Waals surface area contributed by atoms with Crippen LogP contribution >= 0.6 is 0 Å². The Labute approximate surface area is 125 Å². The lowest BCUT2D eigenvalue weighted by Crippen LogP contribution is -2.32. The number of alkyl halides is 1. The molecule has 0 radical (unpaired) electrons. The first kappa shape index (κ1) is 19.6. The third kappa shape index (κ3) is 7.40. The average Bonchev–Trinajstić information content (AvgIpc) is 2.42. The van der Waals surface area contributed by atoms with Crippen LogP contribution < -0.4 is 0 Å². The van der Waals surface area contributed by atoms with Gasteiger partial charge in [-0.2, -0.15) is 0 Å². The molecule has 0 aromatic heterocycles. The zero-order valence-electron chi connectivity index (χ0n) is 14.1. The normalized spacial score (nSPS) is 15.8. The Hall–Kier alpha value is -0.400. The molecule has 0 aliphatic carbocycles. The third-order valence-corrected chi connectivity index (χ3v) is 4.50. The first-order chi connectivity index (χ1) is 9.52. The zero-order chi connectivity index (χ0) is 15.4. The molecule has 0 rings (SSSR count). The van der Waals surface area contributed by atoms with E-state index in [-0.39, 0.29) is 5.78 Å². The van der Waals surface area contributed by atoms with Gasteiger partial charge >= 0.3 is 0 Å². The molecule has 20 heavy (non-hydrogen) atoms. The summed E-state index contributed by atoms with van der Waals surface area (Å²) in [7, 11) is 0. The molecule has 0 bridgehead atoms. The van der Waals surface area contributed by atoms with Gasteiger partial charge in [0.15, 0.2) is 0 Å². The molecule has 0 aromatic carbocycles. The van der Waals surface area contributed by atoms with E-state index in [9.17, 15) is 9.18 Å². The molecule has 0 aromatic rings. The van der Waals surface area contributed by atoms with Crippen LogP contribution in [-0.4, -0.2) is 12.0 Å². The van der Waals surface area contributed by atoms with E-state index in [1.54, 1.807) is 6.92 Å². The summed E-state index contributed by atoms with van der Waals surface area (Å²) in [4.78, 5) is 12.2. The van der Waals surface area contributed by atoms with Gasteiger partial charge in [0.25, 0.3) is 0 Å². The van der Waals surface area contributed by atoms with Crippen molar-refractivity contribution >= 4 is 5.78 Å². The van der Waals surface area contributed by atoms with Gasteiger partial charge in [-0.1, -0.05) is 65.7 Å². The summed E-state index contributed by atoms with van der Waals surface area (Å²) >= 11 is 0. The van der Waals surface area contributed by atoms with Crippen LogP contribution in [0, 0.1) is 5.41 Å². The highest BCUT2D eigenvalue weighted by atomic mass is 19.1.